The van der Waals surface area contributed by atoms with Crippen LogP contribution in [0.3, 0.4) is 0 Å². The highest BCUT2D eigenvalue weighted by molar-refractivity contribution is 5.94. The third kappa shape index (κ3) is 5.88. The molecule has 0 saturated heterocycles. The maximum absolute atomic E-state index is 12.9. The lowest BCUT2D eigenvalue weighted by Gasteiger charge is -2.18. The molecule has 0 spiro atoms. The summed E-state index contributed by atoms with van der Waals surface area (Å²) in [7, 11) is 0. The molecule has 3 aromatic rings. The van der Waals surface area contributed by atoms with Crippen LogP contribution in [0.1, 0.15) is 18.1 Å². The molecule has 0 unspecified atom stereocenters. The predicted molar refractivity (Wildman–Crippen MR) is 113 cm³/mol. The van der Waals surface area contributed by atoms with Crippen molar-refractivity contribution >= 4 is 17.9 Å². The van der Waals surface area contributed by atoms with Gasteiger partial charge in [0.05, 0.1) is 12.9 Å². The number of aromatic nitrogens is 2. The average molecular weight is 406 g/mol. The van der Waals surface area contributed by atoms with E-state index in [-0.39, 0.29) is 30.7 Å². The lowest BCUT2D eigenvalue weighted by Crippen LogP contribution is -2.39. The lowest BCUT2D eigenvalue weighted by atomic mass is 10.2. The van der Waals surface area contributed by atoms with E-state index in [2.05, 4.69) is 10.3 Å². The van der Waals surface area contributed by atoms with Gasteiger partial charge in [0.1, 0.15) is 5.82 Å². The largest absolute Gasteiger partial charge is 0.350 e. The molecular formula is C23H23FN4O2. The summed E-state index contributed by atoms with van der Waals surface area (Å²) in [5.41, 5.74) is 2.64. The van der Waals surface area contributed by atoms with Gasteiger partial charge in [0, 0.05) is 37.2 Å². The molecule has 6 nitrogen and oxygen atoms in total. The zero-order valence-electron chi connectivity index (χ0n) is 16.7. The maximum atomic E-state index is 12.9. The molecule has 3 rings (SSSR count). The van der Waals surface area contributed by atoms with Crippen molar-refractivity contribution in [1.82, 2.24) is 19.8 Å². The summed E-state index contributed by atoms with van der Waals surface area (Å²) in [6.45, 7) is 2.47. The van der Waals surface area contributed by atoms with Crippen molar-refractivity contribution in [2.24, 2.45) is 0 Å². The van der Waals surface area contributed by atoms with E-state index in [9.17, 15) is 14.0 Å². The zero-order chi connectivity index (χ0) is 21.3. The predicted octanol–water partition coefficient (Wildman–Crippen LogP) is 3.19. The Morgan fingerprint density at radius 1 is 1.13 bits per heavy atom. The number of carbonyl (C=O) groups excluding carboxylic acids is 2. The lowest BCUT2D eigenvalue weighted by molar-refractivity contribution is -0.132. The van der Waals surface area contributed by atoms with Crippen molar-refractivity contribution in [3.05, 3.63) is 90.3 Å². The first-order valence-corrected chi connectivity index (χ1v) is 9.61. The molecular weight excluding hydrogens is 383 g/mol. The molecule has 2 amide bonds. The van der Waals surface area contributed by atoms with Crippen LogP contribution in [0.2, 0.25) is 0 Å². The Hall–Kier alpha value is -3.74. The van der Waals surface area contributed by atoms with Crippen molar-refractivity contribution in [1.29, 1.82) is 0 Å². The standard InChI is InChI=1S/C23H23FN4O2/c1-2-27(16-22(29)26-15-19-3-8-20(24)9-4-19)23(30)12-7-18-5-10-21(11-6-18)28-14-13-25-17-28/h3-14,17H,2,15-16H2,1H3,(H,26,29). The first kappa shape index (κ1) is 21.0. The normalized spacial score (nSPS) is 10.9. The summed E-state index contributed by atoms with van der Waals surface area (Å²) >= 11 is 0. The highest BCUT2D eigenvalue weighted by Gasteiger charge is 2.13. The molecule has 1 heterocycles. The smallest absolute Gasteiger partial charge is 0.247 e. The third-order valence-corrected chi connectivity index (χ3v) is 4.54. The molecule has 154 valence electrons. The van der Waals surface area contributed by atoms with E-state index >= 15 is 0 Å². The van der Waals surface area contributed by atoms with Gasteiger partial charge in [0.15, 0.2) is 0 Å². The molecule has 0 aliphatic rings. The summed E-state index contributed by atoms with van der Waals surface area (Å²) in [5, 5.41) is 2.74. The molecule has 2 aromatic carbocycles. The number of amides is 2. The van der Waals surface area contributed by atoms with Gasteiger partial charge in [-0.2, -0.15) is 0 Å². The highest BCUT2D eigenvalue weighted by Crippen LogP contribution is 2.11. The van der Waals surface area contributed by atoms with Gasteiger partial charge in [0.25, 0.3) is 0 Å². The van der Waals surface area contributed by atoms with Crippen LogP contribution in [0, 0.1) is 5.82 Å². The van der Waals surface area contributed by atoms with Crippen LogP contribution in [0.25, 0.3) is 11.8 Å². The number of likely N-dealkylation sites (N-methyl/N-ethyl adjacent to an activating group) is 1. The van der Waals surface area contributed by atoms with Crippen LogP contribution >= 0.6 is 0 Å². The van der Waals surface area contributed by atoms with Crippen molar-refractivity contribution in [3.8, 4) is 5.69 Å². The topological polar surface area (TPSA) is 67.2 Å². The molecule has 1 N–H and O–H groups in total. The SMILES string of the molecule is CCN(CC(=O)NCc1ccc(F)cc1)C(=O)C=Cc1ccc(-n2ccnc2)cc1. The first-order chi connectivity index (χ1) is 14.5. The quantitative estimate of drug-likeness (QED) is 0.584. The Labute approximate surface area is 174 Å². The van der Waals surface area contributed by atoms with Crippen LogP contribution in [0.4, 0.5) is 4.39 Å². The third-order valence-electron chi connectivity index (χ3n) is 4.54. The van der Waals surface area contributed by atoms with Crippen molar-refractivity contribution in [3.63, 3.8) is 0 Å². The Bertz CT molecular complexity index is 997. The van der Waals surface area contributed by atoms with Crippen molar-refractivity contribution in [2.45, 2.75) is 13.5 Å². The molecule has 30 heavy (non-hydrogen) atoms. The second-order valence-corrected chi connectivity index (χ2v) is 6.65. The average Bonchev–Trinajstić information content (AvgIpc) is 3.31. The fourth-order valence-electron chi connectivity index (χ4n) is 2.82. The molecule has 7 heteroatoms. The van der Waals surface area contributed by atoms with Crippen molar-refractivity contribution in [2.75, 3.05) is 13.1 Å². The molecule has 1 aromatic heterocycles. The van der Waals surface area contributed by atoms with E-state index in [4.69, 9.17) is 0 Å². The highest BCUT2D eigenvalue weighted by atomic mass is 19.1. The van der Waals surface area contributed by atoms with Crippen LogP contribution < -0.4 is 5.32 Å². The molecule has 0 aliphatic carbocycles. The summed E-state index contributed by atoms with van der Waals surface area (Å²) in [6, 6.07) is 13.6. The van der Waals surface area contributed by atoms with E-state index in [1.165, 1.54) is 23.1 Å². The van der Waals surface area contributed by atoms with Gasteiger partial charge in [-0.3, -0.25) is 9.59 Å². The summed E-state index contributed by atoms with van der Waals surface area (Å²) in [5.74, 6) is -0.836. The first-order valence-electron chi connectivity index (χ1n) is 9.61. The van der Waals surface area contributed by atoms with Gasteiger partial charge in [-0.1, -0.05) is 24.3 Å². The van der Waals surface area contributed by atoms with Gasteiger partial charge in [-0.05, 0) is 48.4 Å². The monoisotopic (exact) mass is 406 g/mol. The van der Waals surface area contributed by atoms with E-state index in [0.29, 0.717) is 6.54 Å². The molecule has 0 saturated carbocycles. The number of hydrogen-bond donors (Lipinski definition) is 1. The summed E-state index contributed by atoms with van der Waals surface area (Å²) < 4.78 is 14.8. The Balaban J connectivity index is 1.52. The number of imidazole rings is 1. The van der Waals surface area contributed by atoms with Crippen LogP contribution in [-0.2, 0) is 16.1 Å². The Kier molecular flexibility index (Phi) is 7.10. The summed E-state index contributed by atoms with van der Waals surface area (Å²) in [6.07, 6.45) is 8.47. The number of nitrogens with one attached hydrogen (secondary N) is 1. The minimum Gasteiger partial charge on any atom is -0.350 e. The molecule has 0 atom stereocenters. The number of nitrogens with zero attached hydrogens (tertiary/aromatic N) is 3. The fourth-order valence-corrected chi connectivity index (χ4v) is 2.82. The van der Waals surface area contributed by atoms with Gasteiger partial charge in [-0.25, -0.2) is 9.37 Å². The molecule has 0 radical (unpaired) electrons. The number of rotatable bonds is 8. The van der Waals surface area contributed by atoms with E-state index in [1.807, 2.05) is 42.0 Å². The second kappa shape index (κ2) is 10.2. The number of hydrogen-bond acceptors (Lipinski definition) is 3. The van der Waals surface area contributed by atoms with Crippen LogP contribution in [0.5, 0.6) is 0 Å². The number of benzene rings is 2. The van der Waals surface area contributed by atoms with Crippen LogP contribution in [-0.4, -0.2) is 39.4 Å². The fraction of sp³-hybridized carbons (Fsp3) is 0.174. The molecule has 0 bridgehead atoms. The maximum Gasteiger partial charge on any atom is 0.247 e. The van der Waals surface area contributed by atoms with E-state index in [1.54, 1.807) is 30.7 Å². The minimum atomic E-state index is -0.323. The van der Waals surface area contributed by atoms with Crippen molar-refractivity contribution < 1.29 is 14.0 Å². The minimum absolute atomic E-state index is 0.0412. The van der Waals surface area contributed by atoms with E-state index in [0.717, 1.165) is 16.8 Å². The number of halogens is 1. The van der Waals surface area contributed by atoms with Gasteiger partial charge < -0.3 is 14.8 Å². The molecule has 0 aliphatic heterocycles. The van der Waals surface area contributed by atoms with Gasteiger partial charge in [-0.15, -0.1) is 0 Å². The second-order valence-electron chi connectivity index (χ2n) is 6.65. The van der Waals surface area contributed by atoms with Gasteiger partial charge >= 0.3 is 0 Å². The van der Waals surface area contributed by atoms with Crippen LogP contribution in [0.15, 0.2) is 73.3 Å². The molecule has 0 fully saturated rings. The van der Waals surface area contributed by atoms with E-state index < -0.39 is 0 Å². The Morgan fingerprint density at radius 2 is 1.87 bits per heavy atom. The Morgan fingerprint density at radius 3 is 2.50 bits per heavy atom. The van der Waals surface area contributed by atoms with Gasteiger partial charge in [0.2, 0.25) is 11.8 Å². The summed E-state index contributed by atoms with van der Waals surface area (Å²) in [4.78, 5) is 30.1. The number of carbonyl (C=O) groups is 2. The zero-order valence-corrected chi connectivity index (χ0v) is 16.7.